The highest BCUT2D eigenvalue weighted by Gasteiger charge is 2.37. The van der Waals surface area contributed by atoms with Gasteiger partial charge in [-0.25, -0.2) is 9.59 Å². The molecular formula is C10H16N4O5. The van der Waals surface area contributed by atoms with Crippen molar-refractivity contribution in [2.75, 3.05) is 26.2 Å². The second kappa shape index (κ2) is 6.03. The molecule has 0 saturated carbocycles. The van der Waals surface area contributed by atoms with Crippen LogP contribution in [0.3, 0.4) is 0 Å². The maximum Gasteiger partial charge on any atom is 0.328 e. The number of carbonyl (C=O) groups excluding carboxylic acids is 3. The number of nitrogens with two attached hydrogens (primary N) is 1. The molecule has 9 heteroatoms. The molecule has 1 saturated heterocycles. The number of hydrogen-bond acceptors (Lipinski definition) is 4. The van der Waals surface area contributed by atoms with Gasteiger partial charge in [-0.05, 0) is 6.92 Å². The molecule has 1 aliphatic heterocycles. The Morgan fingerprint density at radius 1 is 1.53 bits per heavy atom. The molecule has 0 aliphatic carbocycles. The number of carboxylic acids is 1. The van der Waals surface area contributed by atoms with Crippen LogP contribution in [0.25, 0.3) is 0 Å². The number of aliphatic carboxylic acids is 1. The molecule has 0 bridgehead atoms. The minimum absolute atomic E-state index is 0.159. The van der Waals surface area contributed by atoms with E-state index in [9.17, 15) is 19.2 Å². The van der Waals surface area contributed by atoms with Gasteiger partial charge in [0.05, 0.1) is 0 Å². The van der Waals surface area contributed by atoms with Gasteiger partial charge in [0.1, 0.15) is 19.1 Å². The molecule has 19 heavy (non-hydrogen) atoms. The van der Waals surface area contributed by atoms with Gasteiger partial charge in [-0.1, -0.05) is 0 Å². The molecule has 4 amide bonds. The van der Waals surface area contributed by atoms with Crippen LogP contribution < -0.4 is 11.1 Å². The number of amides is 4. The van der Waals surface area contributed by atoms with Gasteiger partial charge >= 0.3 is 12.0 Å². The van der Waals surface area contributed by atoms with E-state index in [-0.39, 0.29) is 26.2 Å². The predicted molar refractivity (Wildman–Crippen MR) is 63.0 cm³/mol. The third kappa shape index (κ3) is 3.57. The molecule has 0 aromatic rings. The van der Waals surface area contributed by atoms with Gasteiger partial charge < -0.3 is 21.1 Å². The van der Waals surface area contributed by atoms with Crippen LogP contribution in [0, 0.1) is 0 Å². The van der Waals surface area contributed by atoms with Crippen molar-refractivity contribution in [3.05, 3.63) is 0 Å². The molecule has 1 fully saturated rings. The van der Waals surface area contributed by atoms with Crippen molar-refractivity contribution in [2.24, 2.45) is 5.73 Å². The molecule has 0 radical (unpaired) electrons. The molecule has 9 nitrogen and oxygen atoms in total. The Kier molecular flexibility index (Phi) is 4.67. The van der Waals surface area contributed by atoms with Crippen LogP contribution in [-0.2, 0) is 14.4 Å². The summed E-state index contributed by atoms with van der Waals surface area (Å²) in [5.41, 5.74) is 5.01. The van der Waals surface area contributed by atoms with E-state index in [1.54, 1.807) is 6.92 Å². The Bertz CT molecular complexity index is 411. The van der Waals surface area contributed by atoms with E-state index in [0.29, 0.717) is 0 Å². The van der Waals surface area contributed by atoms with E-state index in [2.05, 4.69) is 5.32 Å². The lowest BCUT2D eigenvalue weighted by Crippen LogP contribution is -2.62. The minimum atomic E-state index is -1.22. The van der Waals surface area contributed by atoms with Crippen molar-refractivity contribution in [3.63, 3.8) is 0 Å². The highest BCUT2D eigenvalue weighted by Crippen LogP contribution is 2.08. The Balaban J connectivity index is 2.88. The van der Waals surface area contributed by atoms with Crippen molar-refractivity contribution in [1.29, 1.82) is 0 Å². The molecule has 106 valence electrons. The van der Waals surface area contributed by atoms with Gasteiger partial charge in [0.25, 0.3) is 0 Å². The van der Waals surface area contributed by atoms with E-state index >= 15 is 0 Å². The maximum atomic E-state index is 12.1. The zero-order valence-electron chi connectivity index (χ0n) is 10.5. The van der Waals surface area contributed by atoms with Crippen LogP contribution in [-0.4, -0.2) is 70.9 Å². The predicted octanol–water partition coefficient (Wildman–Crippen LogP) is -2.20. The van der Waals surface area contributed by atoms with Crippen molar-refractivity contribution in [2.45, 2.75) is 13.0 Å². The molecule has 0 aromatic carbocycles. The average Bonchev–Trinajstić information content (AvgIpc) is 2.34. The number of piperazine rings is 1. The summed E-state index contributed by atoms with van der Waals surface area (Å²) in [4.78, 5) is 47.3. The Labute approximate surface area is 109 Å². The number of nitrogens with one attached hydrogen (secondary N) is 1. The summed E-state index contributed by atoms with van der Waals surface area (Å²) >= 11 is 0. The number of hydrogen-bond donors (Lipinski definition) is 3. The van der Waals surface area contributed by atoms with Gasteiger partial charge in [-0.2, -0.15) is 0 Å². The van der Waals surface area contributed by atoms with Crippen LogP contribution in [0.5, 0.6) is 0 Å². The zero-order valence-corrected chi connectivity index (χ0v) is 10.5. The van der Waals surface area contributed by atoms with Crippen LogP contribution in [0.2, 0.25) is 0 Å². The van der Waals surface area contributed by atoms with Crippen LogP contribution in [0.15, 0.2) is 0 Å². The fourth-order valence-corrected chi connectivity index (χ4v) is 1.75. The topological polar surface area (TPSA) is 133 Å². The van der Waals surface area contributed by atoms with E-state index < -0.39 is 29.9 Å². The van der Waals surface area contributed by atoms with Gasteiger partial charge in [0, 0.05) is 13.1 Å². The van der Waals surface area contributed by atoms with Crippen molar-refractivity contribution in [1.82, 2.24) is 15.1 Å². The SMILES string of the molecule is CCN(CC(N)=O)C(=O)N1CC(=O)NCC1C(=O)O. The average molecular weight is 272 g/mol. The molecule has 1 unspecified atom stereocenters. The molecule has 1 heterocycles. The lowest BCUT2D eigenvalue weighted by atomic mass is 10.2. The summed E-state index contributed by atoms with van der Waals surface area (Å²) in [5.74, 6) is -2.37. The zero-order chi connectivity index (χ0) is 14.6. The van der Waals surface area contributed by atoms with Gasteiger partial charge in [0.15, 0.2) is 0 Å². The normalized spacial score (nSPS) is 18.7. The summed E-state index contributed by atoms with van der Waals surface area (Å²) in [6.45, 7) is 0.978. The van der Waals surface area contributed by atoms with E-state index in [1.807, 2.05) is 0 Å². The highest BCUT2D eigenvalue weighted by atomic mass is 16.4. The number of rotatable bonds is 4. The number of primary amides is 1. The van der Waals surface area contributed by atoms with E-state index in [1.165, 1.54) is 0 Å². The highest BCUT2D eigenvalue weighted by molar-refractivity contribution is 5.91. The third-order valence-electron chi connectivity index (χ3n) is 2.71. The Hall–Kier alpha value is -2.32. The first kappa shape index (κ1) is 14.7. The number of urea groups is 1. The number of nitrogens with zero attached hydrogens (tertiary/aromatic N) is 2. The number of carbonyl (C=O) groups is 4. The summed E-state index contributed by atoms with van der Waals surface area (Å²) in [7, 11) is 0. The fraction of sp³-hybridized carbons (Fsp3) is 0.600. The molecule has 0 spiro atoms. The van der Waals surface area contributed by atoms with Crippen molar-refractivity contribution >= 4 is 23.8 Å². The van der Waals surface area contributed by atoms with Crippen LogP contribution in [0.4, 0.5) is 4.79 Å². The van der Waals surface area contributed by atoms with Gasteiger partial charge in [-0.3, -0.25) is 14.5 Å². The molecule has 1 aliphatic rings. The quantitative estimate of drug-likeness (QED) is 0.534. The molecule has 1 atom stereocenters. The summed E-state index contributed by atoms with van der Waals surface area (Å²) in [6.07, 6.45) is 0. The second-order valence-corrected chi connectivity index (χ2v) is 4.05. The first-order valence-corrected chi connectivity index (χ1v) is 5.70. The van der Waals surface area contributed by atoms with Crippen molar-refractivity contribution < 1.29 is 24.3 Å². The van der Waals surface area contributed by atoms with E-state index in [4.69, 9.17) is 10.8 Å². The first-order chi connectivity index (χ1) is 8.86. The molecule has 4 N–H and O–H groups in total. The first-order valence-electron chi connectivity index (χ1n) is 5.70. The van der Waals surface area contributed by atoms with E-state index in [0.717, 1.165) is 9.80 Å². The standard InChI is InChI=1S/C10H16N4O5/c1-2-13(4-7(11)15)10(19)14-5-8(16)12-3-6(14)9(17)18/h6H,2-5H2,1H3,(H2,11,15)(H,12,16)(H,17,18). The van der Waals surface area contributed by atoms with Crippen LogP contribution >= 0.6 is 0 Å². The molecule has 0 aromatic heterocycles. The third-order valence-corrected chi connectivity index (χ3v) is 2.71. The molecular weight excluding hydrogens is 256 g/mol. The van der Waals surface area contributed by atoms with Gasteiger partial charge in [0.2, 0.25) is 11.8 Å². The smallest absolute Gasteiger partial charge is 0.328 e. The van der Waals surface area contributed by atoms with Crippen LogP contribution in [0.1, 0.15) is 6.92 Å². The molecule has 1 rings (SSSR count). The summed E-state index contributed by atoms with van der Waals surface area (Å²) in [5, 5.41) is 11.4. The largest absolute Gasteiger partial charge is 0.480 e. The maximum absolute atomic E-state index is 12.1. The Morgan fingerprint density at radius 2 is 2.16 bits per heavy atom. The second-order valence-electron chi connectivity index (χ2n) is 4.05. The van der Waals surface area contributed by atoms with Crippen molar-refractivity contribution in [3.8, 4) is 0 Å². The Morgan fingerprint density at radius 3 is 2.63 bits per heavy atom. The number of likely N-dealkylation sites (N-methyl/N-ethyl adjacent to an activating group) is 1. The lowest BCUT2D eigenvalue weighted by Gasteiger charge is -2.35. The monoisotopic (exact) mass is 272 g/mol. The minimum Gasteiger partial charge on any atom is -0.480 e. The fourth-order valence-electron chi connectivity index (χ4n) is 1.75. The number of carboxylic acid groups (broad SMARTS) is 1. The van der Waals surface area contributed by atoms with Gasteiger partial charge in [-0.15, -0.1) is 0 Å². The summed E-state index contributed by atoms with van der Waals surface area (Å²) in [6, 6.07) is -1.84. The lowest BCUT2D eigenvalue weighted by molar-refractivity contribution is -0.144. The summed E-state index contributed by atoms with van der Waals surface area (Å²) < 4.78 is 0.